The van der Waals surface area contributed by atoms with Gasteiger partial charge in [0.05, 0.1) is 11.2 Å². The number of nitrogens with one attached hydrogen (secondary N) is 1. The van der Waals surface area contributed by atoms with Crippen LogP contribution in [0.3, 0.4) is 0 Å². The number of amides is 2. The minimum Gasteiger partial charge on any atom is -0.444 e. The molecule has 1 aromatic carbocycles. The predicted molar refractivity (Wildman–Crippen MR) is 125 cm³/mol. The van der Waals surface area contributed by atoms with Gasteiger partial charge in [-0.2, -0.15) is 0 Å². The summed E-state index contributed by atoms with van der Waals surface area (Å²) in [5.74, 6) is -0.122. The van der Waals surface area contributed by atoms with E-state index in [1.165, 1.54) is 0 Å². The van der Waals surface area contributed by atoms with Crippen molar-refractivity contribution in [1.82, 2.24) is 10.2 Å². The van der Waals surface area contributed by atoms with Gasteiger partial charge in [0.1, 0.15) is 5.60 Å². The number of carbonyl (C=O) groups excluding carboxylic acids is 2. The number of hydrogen-bond donors (Lipinski definition) is 1. The molecular formula is C23H34BClN2O5. The smallest absolute Gasteiger partial charge is 0.444 e. The molecule has 32 heavy (non-hydrogen) atoms. The molecule has 0 saturated carbocycles. The lowest BCUT2D eigenvalue weighted by Gasteiger charge is -2.33. The van der Waals surface area contributed by atoms with Crippen molar-refractivity contribution >= 4 is 36.2 Å². The predicted octanol–water partition coefficient (Wildman–Crippen LogP) is 3.77. The van der Waals surface area contributed by atoms with Crippen molar-refractivity contribution in [1.29, 1.82) is 0 Å². The molecule has 1 atom stereocenters. The molecule has 9 heteroatoms. The molecule has 1 aromatic rings. The highest BCUT2D eigenvalue weighted by Crippen LogP contribution is 2.37. The zero-order valence-corrected chi connectivity index (χ0v) is 20.8. The molecule has 2 aliphatic heterocycles. The maximum absolute atomic E-state index is 13.1. The number of rotatable bonds is 3. The zero-order valence-electron chi connectivity index (χ0n) is 20.1. The van der Waals surface area contributed by atoms with Crippen LogP contribution in [-0.2, 0) is 14.0 Å². The monoisotopic (exact) mass is 464 g/mol. The second kappa shape index (κ2) is 8.88. The maximum Gasteiger partial charge on any atom is 0.496 e. The van der Waals surface area contributed by atoms with Crippen LogP contribution in [0.4, 0.5) is 4.79 Å². The van der Waals surface area contributed by atoms with Crippen LogP contribution in [0.15, 0.2) is 18.2 Å². The summed E-state index contributed by atoms with van der Waals surface area (Å²) in [5, 5.41) is 3.30. The summed E-state index contributed by atoms with van der Waals surface area (Å²) in [6.07, 6.45) is 1.13. The Morgan fingerprint density at radius 1 is 1.19 bits per heavy atom. The number of hydrogen-bond acceptors (Lipinski definition) is 5. The maximum atomic E-state index is 13.1. The molecule has 0 bridgehead atoms. The number of piperidine rings is 1. The van der Waals surface area contributed by atoms with E-state index in [1.807, 2.05) is 48.5 Å². The summed E-state index contributed by atoms with van der Waals surface area (Å²) < 4.78 is 17.5. The van der Waals surface area contributed by atoms with Crippen molar-refractivity contribution in [3.63, 3.8) is 0 Å². The van der Waals surface area contributed by atoms with Gasteiger partial charge in [-0.25, -0.2) is 4.79 Å². The van der Waals surface area contributed by atoms with E-state index in [0.717, 1.165) is 12.8 Å². The molecule has 176 valence electrons. The topological polar surface area (TPSA) is 77.1 Å². The molecule has 2 amide bonds. The third-order valence-corrected chi connectivity index (χ3v) is 6.51. The van der Waals surface area contributed by atoms with E-state index in [1.54, 1.807) is 23.1 Å². The fraction of sp³-hybridized carbons (Fsp3) is 0.652. The molecule has 2 fully saturated rings. The number of benzene rings is 1. The van der Waals surface area contributed by atoms with Gasteiger partial charge in [0.25, 0.3) is 5.91 Å². The Balaban J connectivity index is 1.66. The Morgan fingerprint density at radius 2 is 1.81 bits per heavy atom. The molecule has 1 N–H and O–H groups in total. The van der Waals surface area contributed by atoms with E-state index in [0.29, 0.717) is 29.1 Å². The summed E-state index contributed by atoms with van der Waals surface area (Å²) in [4.78, 5) is 26.9. The van der Waals surface area contributed by atoms with Gasteiger partial charge in [0.15, 0.2) is 0 Å². The SMILES string of the molecule is CC(C)(C)OC(=O)N[C@H]1CCCN(C(=O)c2ccc(B3OC(C)(C)C(C)(C)O3)c(Cl)c2)C1. The van der Waals surface area contributed by atoms with Crippen molar-refractivity contribution in [3.05, 3.63) is 28.8 Å². The molecule has 0 aromatic heterocycles. The molecule has 2 heterocycles. The normalized spacial score (nSPS) is 22.6. The molecule has 0 aliphatic carbocycles. The average Bonchev–Trinajstić information content (AvgIpc) is 2.86. The molecule has 0 radical (unpaired) electrons. The molecule has 2 aliphatic rings. The number of likely N-dealkylation sites (tertiary alicyclic amines) is 1. The number of carbonyl (C=O) groups is 2. The number of ether oxygens (including phenoxy) is 1. The van der Waals surface area contributed by atoms with Crippen molar-refractivity contribution in [2.75, 3.05) is 13.1 Å². The minimum absolute atomic E-state index is 0.122. The fourth-order valence-electron chi connectivity index (χ4n) is 3.76. The van der Waals surface area contributed by atoms with Gasteiger partial charge < -0.3 is 24.3 Å². The Kier molecular flexibility index (Phi) is 6.90. The quantitative estimate of drug-likeness (QED) is 0.689. The first-order valence-corrected chi connectivity index (χ1v) is 11.5. The van der Waals surface area contributed by atoms with Crippen molar-refractivity contribution < 1.29 is 23.6 Å². The highest BCUT2D eigenvalue weighted by atomic mass is 35.5. The standard InChI is InChI=1S/C23H34BClN2O5/c1-21(2,3)30-20(29)26-16-9-8-12-27(14-16)19(28)15-10-11-17(18(25)13-15)24-31-22(4,5)23(6,7)32-24/h10-11,13,16H,8-9,12,14H2,1-7H3,(H,26,29)/t16-/m0/s1. The second-order valence-electron chi connectivity index (χ2n) is 10.6. The van der Waals surface area contributed by atoms with Crippen molar-refractivity contribution in [3.8, 4) is 0 Å². The summed E-state index contributed by atoms with van der Waals surface area (Å²) in [6, 6.07) is 5.05. The lowest BCUT2D eigenvalue weighted by atomic mass is 9.78. The molecule has 0 spiro atoms. The van der Waals surface area contributed by atoms with Crippen LogP contribution < -0.4 is 10.8 Å². The van der Waals surface area contributed by atoms with E-state index in [4.69, 9.17) is 25.6 Å². The third kappa shape index (κ3) is 5.59. The van der Waals surface area contributed by atoms with Gasteiger partial charge in [-0.1, -0.05) is 17.7 Å². The summed E-state index contributed by atoms with van der Waals surface area (Å²) in [5.41, 5.74) is -0.318. The van der Waals surface area contributed by atoms with E-state index in [9.17, 15) is 9.59 Å². The minimum atomic E-state index is -0.589. The molecule has 0 unspecified atom stereocenters. The fourth-order valence-corrected chi connectivity index (χ4v) is 4.03. The molecular weight excluding hydrogens is 431 g/mol. The van der Waals surface area contributed by atoms with Crippen LogP contribution in [0.1, 0.15) is 71.7 Å². The number of nitrogens with zero attached hydrogens (tertiary/aromatic N) is 1. The highest BCUT2D eigenvalue weighted by Gasteiger charge is 2.52. The van der Waals surface area contributed by atoms with E-state index < -0.39 is 30.0 Å². The van der Waals surface area contributed by atoms with Gasteiger partial charge in [-0.15, -0.1) is 0 Å². The van der Waals surface area contributed by atoms with Gasteiger partial charge in [-0.05, 0) is 73.4 Å². The van der Waals surface area contributed by atoms with Crippen LogP contribution in [0.5, 0.6) is 0 Å². The summed E-state index contributed by atoms with van der Waals surface area (Å²) >= 11 is 6.53. The first-order valence-electron chi connectivity index (χ1n) is 11.1. The molecule has 7 nitrogen and oxygen atoms in total. The van der Waals surface area contributed by atoms with Gasteiger partial charge >= 0.3 is 13.2 Å². The lowest BCUT2D eigenvalue weighted by molar-refractivity contribution is 0.00578. The second-order valence-corrected chi connectivity index (χ2v) is 11.0. The third-order valence-electron chi connectivity index (χ3n) is 6.18. The van der Waals surface area contributed by atoms with Crippen LogP contribution in [0.25, 0.3) is 0 Å². The van der Waals surface area contributed by atoms with Crippen molar-refractivity contribution in [2.24, 2.45) is 0 Å². The van der Waals surface area contributed by atoms with E-state index in [2.05, 4.69) is 5.32 Å². The van der Waals surface area contributed by atoms with E-state index in [-0.39, 0.29) is 11.9 Å². The zero-order chi connectivity index (χ0) is 23.9. The van der Waals surface area contributed by atoms with Crippen LogP contribution in [0, 0.1) is 0 Å². The average molecular weight is 465 g/mol. The van der Waals surface area contributed by atoms with Gasteiger partial charge in [-0.3, -0.25) is 4.79 Å². The first-order chi connectivity index (χ1) is 14.7. The van der Waals surface area contributed by atoms with Crippen LogP contribution >= 0.6 is 11.6 Å². The molecule has 3 rings (SSSR count). The van der Waals surface area contributed by atoms with E-state index >= 15 is 0 Å². The molecule has 2 saturated heterocycles. The Morgan fingerprint density at radius 3 is 2.38 bits per heavy atom. The summed E-state index contributed by atoms with van der Waals surface area (Å²) in [7, 11) is -0.589. The van der Waals surface area contributed by atoms with Crippen LogP contribution in [-0.4, -0.2) is 60.0 Å². The first kappa shape index (κ1) is 24.9. The van der Waals surface area contributed by atoms with Gasteiger partial charge in [0.2, 0.25) is 0 Å². The Hall–Kier alpha value is -1.77. The Labute approximate surface area is 196 Å². The number of halogens is 1. The Bertz CT molecular complexity index is 868. The van der Waals surface area contributed by atoms with Crippen LogP contribution in [0.2, 0.25) is 5.02 Å². The summed E-state index contributed by atoms with van der Waals surface area (Å²) in [6.45, 7) is 14.4. The number of alkyl carbamates (subject to hydrolysis) is 1. The lowest BCUT2D eigenvalue weighted by Crippen LogP contribution is -2.50. The highest BCUT2D eigenvalue weighted by molar-refractivity contribution is 6.65. The van der Waals surface area contributed by atoms with Crippen molar-refractivity contribution in [2.45, 2.75) is 84.2 Å². The largest absolute Gasteiger partial charge is 0.496 e. The van der Waals surface area contributed by atoms with Gasteiger partial charge in [0, 0.05) is 35.2 Å².